The Bertz CT molecular complexity index is 1170. The van der Waals surface area contributed by atoms with E-state index in [2.05, 4.69) is 21.2 Å². The normalized spacial score (nSPS) is 14.6. The topological polar surface area (TPSA) is 67.9 Å². The van der Waals surface area contributed by atoms with E-state index < -0.39 is 11.9 Å². The smallest absolute Gasteiger partial charge is 0.333 e. The summed E-state index contributed by atoms with van der Waals surface area (Å²) in [6.07, 6.45) is 1.58. The monoisotopic (exact) mass is 512 g/mol. The molecule has 162 valence electrons. The van der Waals surface area contributed by atoms with E-state index in [4.69, 9.17) is 21.1 Å². The molecule has 1 N–H and O–H groups in total. The Morgan fingerprint density at radius 3 is 2.44 bits per heavy atom. The number of nitrogens with one attached hydrogen (secondary N) is 1. The standard InChI is InChI=1S/C24H18BrClN2O4/c1-31-18-9-7-15(8-10-18)14-32-22-19(25)11-16(12-20(22)26)13-21-23(29)28(24(30)27-21)17-5-3-2-4-6-17/h2-13H,14H2,1H3,(H,27,30)/b21-13+. The fourth-order valence-electron chi connectivity index (χ4n) is 3.19. The fourth-order valence-corrected chi connectivity index (χ4v) is 4.18. The van der Waals surface area contributed by atoms with Crippen LogP contribution in [0.4, 0.5) is 10.5 Å². The summed E-state index contributed by atoms with van der Waals surface area (Å²) in [6, 6.07) is 19.2. The highest BCUT2D eigenvalue weighted by molar-refractivity contribution is 9.10. The highest BCUT2D eigenvalue weighted by atomic mass is 79.9. The third kappa shape index (κ3) is 4.64. The highest BCUT2D eigenvalue weighted by Gasteiger charge is 2.34. The van der Waals surface area contributed by atoms with E-state index in [0.717, 1.165) is 16.2 Å². The van der Waals surface area contributed by atoms with Crippen LogP contribution in [0.2, 0.25) is 5.02 Å². The highest BCUT2D eigenvalue weighted by Crippen LogP contribution is 2.36. The zero-order chi connectivity index (χ0) is 22.7. The van der Waals surface area contributed by atoms with Gasteiger partial charge in [-0.15, -0.1) is 0 Å². The second-order valence-corrected chi connectivity index (χ2v) is 8.18. The van der Waals surface area contributed by atoms with Gasteiger partial charge in [0, 0.05) is 0 Å². The van der Waals surface area contributed by atoms with Crippen molar-refractivity contribution in [1.29, 1.82) is 0 Å². The van der Waals surface area contributed by atoms with Crippen molar-refractivity contribution in [3.63, 3.8) is 0 Å². The van der Waals surface area contributed by atoms with Gasteiger partial charge in [0.05, 0.1) is 22.3 Å². The van der Waals surface area contributed by atoms with Crippen molar-refractivity contribution in [1.82, 2.24) is 5.32 Å². The van der Waals surface area contributed by atoms with Crippen molar-refractivity contribution in [2.75, 3.05) is 12.0 Å². The van der Waals surface area contributed by atoms with Gasteiger partial charge in [-0.05, 0) is 69.5 Å². The number of hydrogen-bond donors (Lipinski definition) is 1. The van der Waals surface area contributed by atoms with Crippen molar-refractivity contribution in [2.24, 2.45) is 0 Å². The van der Waals surface area contributed by atoms with E-state index in [9.17, 15) is 9.59 Å². The lowest BCUT2D eigenvalue weighted by Crippen LogP contribution is -2.30. The first-order chi connectivity index (χ1) is 15.5. The molecule has 4 rings (SSSR count). The van der Waals surface area contributed by atoms with Crippen LogP contribution < -0.4 is 19.7 Å². The summed E-state index contributed by atoms with van der Waals surface area (Å²) in [6.45, 7) is 0.323. The maximum absolute atomic E-state index is 12.8. The average Bonchev–Trinajstić information content (AvgIpc) is 3.06. The van der Waals surface area contributed by atoms with Crippen LogP contribution in [0.15, 0.2) is 76.9 Å². The molecule has 1 aliphatic rings. The number of benzene rings is 3. The van der Waals surface area contributed by atoms with Gasteiger partial charge in [-0.3, -0.25) is 4.79 Å². The number of imide groups is 1. The summed E-state index contributed by atoms with van der Waals surface area (Å²) in [5.41, 5.74) is 2.26. The van der Waals surface area contributed by atoms with E-state index >= 15 is 0 Å². The first-order valence-electron chi connectivity index (χ1n) is 9.63. The van der Waals surface area contributed by atoms with Crippen LogP contribution >= 0.6 is 27.5 Å². The van der Waals surface area contributed by atoms with Gasteiger partial charge < -0.3 is 14.8 Å². The molecular weight excluding hydrogens is 496 g/mol. The minimum absolute atomic E-state index is 0.161. The Balaban J connectivity index is 1.52. The maximum Gasteiger partial charge on any atom is 0.333 e. The number of hydrogen-bond acceptors (Lipinski definition) is 4. The lowest BCUT2D eigenvalue weighted by Gasteiger charge is -2.12. The molecule has 1 heterocycles. The lowest BCUT2D eigenvalue weighted by molar-refractivity contribution is -0.113. The SMILES string of the molecule is COc1ccc(COc2c(Cl)cc(/C=C3/NC(=O)N(c4ccccc4)C3=O)cc2Br)cc1. The molecule has 3 amide bonds. The van der Waals surface area contributed by atoms with E-state index in [1.54, 1.807) is 49.6 Å². The second-order valence-electron chi connectivity index (χ2n) is 6.91. The van der Waals surface area contributed by atoms with Gasteiger partial charge >= 0.3 is 6.03 Å². The first-order valence-corrected chi connectivity index (χ1v) is 10.8. The van der Waals surface area contributed by atoms with Crippen LogP contribution in [0, 0.1) is 0 Å². The summed E-state index contributed by atoms with van der Waals surface area (Å²) in [5.74, 6) is 0.815. The van der Waals surface area contributed by atoms with Crippen molar-refractivity contribution >= 4 is 51.2 Å². The van der Waals surface area contributed by atoms with Gasteiger partial charge in [0.25, 0.3) is 5.91 Å². The molecule has 0 unspecified atom stereocenters. The van der Waals surface area contributed by atoms with Crippen LogP contribution in [0.5, 0.6) is 11.5 Å². The molecule has 1 aliphatic heterocycles. The predicted octanol–water partition coefficient (Wildman–Crippen LogP) is 5.79. The van der Waals surface area contributed by atoms with Crippen molar-refractivity contribution in [2.45, 2.75) is 6.61 Å². The largest absolute Gasteiger partial charge is 0.497 e. The quantitative estimate of drug-likeness (QED) is 0.335. The Kier molecular flexibility index (Phi) is 6.48. The molecule has 3 aromatic carbocycles. The van der Waals surface area contributed by atoms with Crippen molar-refractivity contribution in [3.8, 4) is 11.5 Å². The van der Waals surface area contributed by atoms with E-state index in [1.807, 2.05) is 30.3 Å². The molecule has 6 nitrogen and oxygen atoms in total. The number of carbonyl (C=O) groups is 2. The number of rotatable bonds is 6. The van der Waals surface area contributed by atoms with E-state index in [-0.39, 0.29) is 5.70 Å². The number of urea groups is 1. The first kappa shape index (κ1) is 21.9. The van der Waals surface area contributed by atoms with Crippen molar-refractivity contribution < 1.29 is 19.1 Å². The number of nitrogens with zero attached hydrogens (tertiary/aromatic N) is 1. The van der Waals surface area contributed by atoms with Gasteiger partial charge in [-0.1, -0.05) is 41.9 Å². The molecule has 0 bridgehead atoms. The fraction of sp³-hybridized carbons (Fsp3) is 0.0833. The number of carbonyl (C=O) groups excluding carboxylic acids is 2. The molecular formula is C24H18BrClN2O4. The number of para-hydroxylation sites is 1. The van der Waals surface area contributed by atoms with Gasteiger partial charge in [-0.2, -0.15) is 0 Å². The van der Waals surface area contributed by atoms with Gasteiger partial charge in [0.15, 0.2) is 5.75 Å². The molecule has 0 radical (unpaired) electrons. The predicted molar refractivity (Wildman–Crippen MR) is 127 cm³/mol. The Hall–Kier alpha value is -3.29. The van der Waals surface area contributed by atoms with Crippen LogP contribution in [-0.4, -0.2) is 19.0 Å². The molecule has 0 spiro atoms. The molecule has 0 aliphatic carbocycles. The summed E-state index contributed by atoms with van der Waals surface area (Å²) >= 11 is 9.91. The molecule has 0 atom stereocenters. The third-order valence-electron chi connectivity index (χ3n) is 4.77. The van der Waals surface area contributed by atoms with Crippen molar-refractivity contribution in [3.05, 3.63) is 93.0 Å². The lowest BCUT2D eigenvalue weighted by atomic mass is 10.1. The molecule has 0 aromatic heterocycles. The molecule has 0 saturated carbocycles. The summed E-state index contributed by atoms with van der Waals surface area (Å²) in [4.78, 5) is 26.2. The van der Waals surface area contributed by atoms with Crippen LogP contribution in [0.3, 0.4) is 0 Å². The zero-order valence-electron chi connectivity index (χ0n) is 17.0. The van der Waals surface area contributed by atoms with E-state index in [1.165, 1.54) is 0 Å². The van der Waals surface area contributed by atoms with E-state index in [0.29, 0.717) is 33.1 Å². The van der Waals surface area contributed by atoms with Crippen LogP contribution in [0.1, 0.15) is 11.1 Å². The summed E-state index contributed by atoms with van der Waals surface area (Å²) < 4.78 is 11.7. The minimum atomic E-state index is -0.503. The molecule has 32 heavy (non-hydrogen) atoms. The second kappa shape index (κ2) is 9.46. The number of ether oxygens (including phenoxy) is 2. The van der Waals surface area contributed by atoms with Gasteiger partial charge in [0.1, 0.15) is 18.1 Å². The average molecular weight is 514 g/mol. The van der Waals surface area contributed by atoms with Crippen LogP contribution in [-0.2, 0) is 11.4 Å². The Morgan fingerprint density at radius 1 is 1.06 bits per heavy atom. The number of anilines is 1. The molecule has 1 saturated heterocycles. The Labute approximate surface area is 198 Å². The van der Waals surface area contributed by atoms with Gasteiger partial charge in [0.2, 0.25) is 0 Å². The summed E-state index contributed by atoms with van der Waals surface area (Å²) in [7, 11) is 1.61. The van der Waals surface area contributed by atoms with Crippen LogP contribution in [0.25, 0.3) is 6.08 Å². The maximum atomic E-state index is 12.8. The number of halogens is 2. The number of methoxy groups -OCH3 is 1. The molecule has 3 aromatic rings. The summed E-state index contributed by atoms with van der Waals surface area (Å²) in [5, 5.41) is 2.98. The minimum Gasteiger partial charge on any atom is -0.497 e. The molecule has 1 fully saturated rings. The Morgan fingerprint density at radius 2 is 1.78 bits per heavy atom. The number of amides is 3. The zero-order valence-corrected chi connectivity index (χ0v) is 19.3. The molecule has 8 heteroatoms. The van der Waals surface area contributed by atoms with Gasteiger partial charge in [-0.25, -0.2) is 9.69 Å². The third-order valence-corrected chi connectivity index (χ3v) is 5.64.